The van der Waals surface area contributed by atoms with Gasteiger partial charge in [-0.3, -0.25) is 4.79 Å². The highest BCUT2D eigenvalue weighted by molar-refractivity contribution is 9.10. The first-order valence-corrected chi connectivity index (χ1v) is 10.3. The van der Waals surface area contributed by atoms with Crippen LogP contribution in [-0.2, 0) is 18.3 Å². The number of benzene rings is 1. The molecule has 1 aliphatic rings. The molecule has 4 rings (SSSR count). The van der Waals surface area contributed by atoms with Crippen LogP contribution in [0.1, 0.15) is 18.4 Å². The number of aromatic nitrogens is 4. The molecule has 7 nitrogen and oxygen atoms in total. The van der Waals surface area contributed by atoms with Crippen molar-refractivity contribution < 1.29 is 4.79 Å². The van der Waals surface area contributed by atoms with Crippen molar-refractivity contribution in [2.24, 2.45) is 13.0 Å². The first-order valence-electron chi connectivity index (χ1n) is 9.50. The van der Waals surface area contributed by atoms with Gasteiger partial charge in [0.15, 0.2) is 5.65 Å². The molecule has 0 unspecified atom stereocenters. The molecule has 8 heteroatoms. The van der Waals surface area contributed by atoms with E-state index < -0.39 is 0 Å². The summed E-state index contributed by atoms with van der Waals surface area (Å²) in [5.74, 6) is 1.37. The molecule has 0 atom stereocenters. The maximum atomic E-state index is 12.7. The van der Waals surface area contributed by atoms with Crippen molar-refractivity contribution in [3.8, 4) is 0 Å². The molecule has 1 saturated heterocycles. The SMILES string of the molecule is Cn1nc(Br)c2c(NCC(=O)N3CCC(Cc4ccccc4)CC3)ncnc21. The summed E-state index contributed by atoms with van der Waals surface area (Å²) in [6.45, 7) is 1.85. The second-order valence-corrected chi connectivity index (χ2v) is 7.95. The number of nitrogens with one attached hydrogen (secondary N) is 1. The minimum absolute atomic E-state index is 0.102. The summed E-state index contributed by atoms with van der Waals surface area (Å²) in [5.41, 5.74) is 2.10. The minimum Gasteiger partial charge on any atom is -0.360 e. The van der Waals surface area contributed by atoms with Gasteiger partial charge in [0.1, 0.15) is 16.7 Å². The predicted molar refractivity (Wildman–Crippen MR) is 112 cm³/mol. The van der Waals surface area contributed by atoms with Gasteiger partial charge in [-0.15, -0.1) is 0 Å². The standard InChI is InChI=1S/C20H23BrN6O/c1-26-20-17(18(21)25-26)19(23-13-24-20)22-12-16(28)27-9-7-15(8-10-27)11-14-5-3-2-4-6-14/h2-6,13,15H,7-12H2,1H3,(H,22,23,24). The van der Waals surface area contributed by atoms with Crippen molar-refractivity contribution in [2.75, 3.05) is 25.0 Å². The van der Waals surface area contributed by atoms with Gasteiger partial charge < -0.3 is 10.2 Å². The number of carbonyl (C=O) groups is 1. The number of aryl methyl sites for hydroxylation is 1. The van der Waals surface area contributed by atoms with E-state index in [0.717, 1.165) is 43.4 Å². The smallest absolute Gasteiger partial charge is 0.241 e. The summed E-state index contributed by atoms with van der Waals surface area (Å²) in [7, 11) is 1.83. The highest BCUT2D eigenvalue weighted by atomic mass is 79.9. The van der Waals surface area contributed by atoms with Crippen molar-refractivity contribution in [1.82, 2.24) is 24.6 Å². The van der Waals surface area contributed by atoms with E-state index in [4.69, 9.17) is 0 Å². The van der Waals surface area contributed by atoms with Crippen LogP contribution in [0, 0.1) is 5.92 Å². The second kappa shape index (κ2) is 8.26. The molecule has 3 aromatic rings. The molecule has 1 N–H and O–H groups in total. The lowest BCUT2D eigenvalue weighted by Gasteiger charge is -2.32. The lowest BCUT2D eigenvalue weighted by molar-refractivity contribution is -0.130. The van der Waals surface area contributed by atoms with Crippen LogP contribution < -0.4 is 5.32 Å². The number of nitrogens with zero attached hydrogens (tertiary/aromatic N) is 5. The number of halogens is 1. The molecule has 2 aromatic heterocycles. The largest absolute Gasteiger partial charge is 0.360 e. The topological polar surface area (TPSA) is 75.9 Å². The van der Waals surface area contributed by atoms with Crippen LogP contribution in [0.3, 0.4) is 0 Å². The van der Waals surface area contributed by atoms with Crippen molar-refractivity contribution >= 4 is 38.7 Å². The number of hydrogen-bond acceptors (Lipinski definition) is 5. The Balaban J connectivity index is 1.32. The van der Waals surface area contributed by atoms with Crippen LogP contribution in [-0.4, -0.2) is 50.2 Å². The van der Waals surface area contributed by atoms with Gasteiger partial charge in [0.25, 0.3) is 0 Å². The number of hydrogen-bond donors (Lipinski definition) is 1. The lowest BCUT2D eigenvalue weighted by Crippen LogP contribution is -2.41. The van der Waals surface area contributed by atoms with Gasteiger partial charge in [-0.2, -0.15) is 5.10 Å². The summed E-state index contributed by atoms with van der Waals surface area (Å²) in [4.78, 5) is 23.1. The number of fused-ring (bicyclic) bond motifs is 1. The van der Waals surface area contributed by atoms with Gasteiger partial charge in [0, 0.05) is 20.1 Å². The first kappa shape index (κ1) is 18.9. The molecule has 0 bridgehead atoms. The third-order valence-corrected chi connectivity index (χ3v) is 5.87. The third kappa shape index (κ3) is 4.01. The molecular formula is C20H23BrN6O. The normalized spacial score (nSPS) is 15.1. The second-order valence-electron chi connectivity index (χ2n) is 7.20. The van der Waals surface area contributed by atoms with Crippen molar-refractivity contribution in [2.45, 2.75) is 19.3 Å². The van der Waals surface area contributed by atoms with Crippen molar-refractivity contribution in [1.29, 1.82) is 0 Å². The Morgan fingerprint density at radius 3 is 2.71 bits per heavy atom. The number of carbonyl (C=O) groups excluding carboxylic acids is 1. The van der Waals surface area contributed by atoms with E-state index in [0.29, 0.717) is 16.3 Å². The molecule has 0 spiro atoms. The van der Waals surface area contributed by atoms with E-state index in [1.54, 1.807) is 4.68 Å². The molecule has 0 radical (unpaired) electrons. The number of amides is 1. The number of anilines is 1. The maximum Gasteiger partial charge on any atom is 0.241 e. The van der Waals surface area contributed by atoms with Crippen LogP contribution in [0.25, 0.3) is 11.0 Å². The van der Waals surface area contributed by atoms with Crippen LogP contribution in [0.5, 0.6) is 0 Å². The van der Waals surface area contributed by atoms with E-state index >= 15 is 0 Å². The Morgan fingerprint density at radius 2 is 1.96 bits per heavy atom. The van der Waals surface area contributed by atoms with Crippen LogP contribution in [0.4, 0.5) is 5.82 Å². The number of rotatable bonds is 5. The van der Waals surface area contributed by atoms with E-state index in [1.807, 2.05) is 18.0 Å². The van der Waals surface area contributed by atoms with E-state index in [2.05, 4.69) is 60.6 Å². The van der Waals surface area contributed by atoms with Gasteiger partial charge in [-0.25, -0.2) is 14.6 Å². The average molecular weight is 443 g/mol. The fraction of sp³-hybridized carbons (Fsp3) is 0.400. The summed E-state index contributed by atoms with van der Waals surface area (Å²) in [5, 5.41) is 8.26. The number of piperidine rings is 1. The quantitative estimate of drug-likeness (QED) is 0.656. The van der Waals surface area contributed by atoms with Gasteiger partial charge >= 0.3 is 0 Å². The zero-order valence-corrected chi connectivity index (χ0v) is 17.4. The van der Waals surface area contributed by atoms with Gasteiger partial charge in [-0.05, 0) is 46.7 Å². The summed E-state index contributed by atoms with van der Waals surface area (Å²) in [6, 6.07) is 10.6. The van der Waals surface area contributed by atoms with Crippen LogP contribution in [0.15, 0.2) is 41.3 Å². The summed E-state index contributed by atoms with van der Waals surface area (Å²) >= 11 is 3.44. The molecule has 1 amide bonds. The van der Waals surface area contributed by atoms with Crippen LogP contribution >= 0.6 is 15.9 Å². The first-order chi connectivity index (χ1) is 13.6. The molecule has 0 saturated carbocycles. The molecule has 146 valence electrons. The highest BCUT2D eigenvalue weighted by Crippen LogP contribution is 2.27. The van der Waals surface area contributed by atoms with E-state index in [1.165, 1.54) is 11.9 Å². The zero-order valence-electron chi connectivity index (χ0n) is 15.8. The Hall–Kier alpha value is -2.48. The number of likely N-dealkylation sites (tertiary alicyclic amines) is 1. The Kier molecular flexibility index (Phi) is 5.57. The summed E-state index contributed by atoms with van der Waals surface area (Å²) < 4.78 is 2.35. The molecule has 1 aromatic carbocycles. The monoisotopic (exact) mass is 442 g/mol. The van der Waals surface area contributed by atoms with Gasteiger partial charge in [0.05, 0.1) is 11.9 Å². The van der Waals surface area contributed by atoms with Crippen LogP contribution in [0.2, 0.25) is 0 Å². The molecule has 28 heavy (non-hydrogen) atoms. The molecule has 1 fully saturated rings. The van der Waals surface area contributed by atoms with E-state index in [9.17, 15) is 4.79 Å². The molecule has 1 aliphatic heterocycles. The summed E-state index contributed by atoms with van der Waals surface area (Å²) in [6.07, 6.45) is 4.67. The fourth-order valence-electron chi connectivity index (χ4n) is 3.78. The predicted octanol–water partition coefficient (Wildman–Crippen LogP) is 3.02. The molecule has 3 heterocycles. The average Bonchev–Trinajstić information content (AvgIpc) is 3.02. The molecule has 0 aliphatic carbocycles. The minimum atomic E-state index is 0.102. The Bertz CT molecular complexity index is 965. The Morgan fingerprint density at radius 1 is 1.21 bits per heavy atom. The third-order valence-electron chi connectivity index (χ3n) is 5.32. The highest BCUT2D eigenvalue weighted by Gasteiger charge is 2.23. The van der Waals surface area contributed by atoms with Crippen molar-refractivity contribution in [3.05, 3.63) is 46.8 Å². The lowest BCUT2D eigenvalue weighted by atomic mass is 9.90. The fourth-order valence-corrected chi connectivity index (χ4v) is 4.38. The van der Waals surface area contributed by atoms with Crippen molar-refractivity contribution in [3.63, 3.8) is 0 Å². The maximum absolute atomic E-state index is 12.7. The van der Waals surface area contributed by atoms with E-state index in [-0.39, 0.29) is 12.5 Å². The van der Waals surface area contributed by atoms with Gasteiger partial charge in [0.2, 0.25) is 5.91 Å². The zero-order chi connectivity index (χ0) is 19.5. The van der Waals surface area contributed by atoms with Gasteiger partial charge in [-0.1, -0.05) is 30.3 Å². The Labute approximate surface area is 172 Å². The molecular weight excluding hydrogens is 420 g/mol.